The van der Waals surface area contributed by atoms with Gasteiger partial charge < -0.3 is 10.8 Å². The van der Waals surface area contributed by atoms with Gasteiger partial charge in [0.25, 0.3) is 10.1 Å². The van der Waals surface area contributed by atoms with Crippen molar-refractivity contribution in [1.82, 2.24) is 0 Å². The molecule has 0 bridgehead atoms. The highest BCUT2D eigenvalue weighted by atomic mass is 32.2. The van der Waals surface area contributed by atoms with Crippen LogP contribution in [0.2, 0.25) is 0 Å². The van der Waals surface area contributed by atoms with Crippen molar-refractivity contribution in [3.63, 3.8) is 0 Å². The second-order valence-corrected chi connectivity index (χ2v) is 5.96. The molecule has 0 spiro atoms. The summed E-state index contributed by atoms with van der Waals surface area (Å²) in [5, 5.41) is 8.36. The first-order chi connectivity index (χ1) is 9.09. The number of carboxylic acids is 1. The van der Waals surface area contributed by atoms with E-state index in [-0.39, 0.29) is 10.8 Å². The summed E-state index contributed by atoms with van der Waals surface area (Å²) >= 11 is 0. The molecule has 0 aliphatic heterocycles. The number of carboxylic acid groups (broad SMARTS) is 1. The Morgan fingerprint density at radius 3 is 2.00 bits per heavy atom. The minimum absolute atomic E-state index is 0.0666. The second kappa shape index (κ2) is 7.98. The van der Waals surface area contributed by atoms with E-state index >= 15 is 0 Å². The van der Waals surface area contributed by atoms with E-state index < -0.39 is 22.1 Å². The molecule has 6 nitrogen and oxygen atoms in total. The zero-order valence-electron chi connectivity index (χ0n) is 11.8. The van der Waals surface area contributed by atoms with Crippen LogP contribution in [0, 0.1) is 12.8 Å². The van der Waals surface area contributed by atoms with Gasteiger partial charge in [-0.3, -0.25) is 9.35 Å². The average Bonchev–Trinajstić information content (AvgIpc) is 2.37. The predicted molar refractivity (Wildman–Crippen MR) is 76.1 cm³/mol. The lowest BCUT2D eigenvalue weighted by Crippen LogP contribution is -2.36. The molecule has 20 heavy (non-hydrogen) atoms. The second-order valence-electron chi connectivity index (χ2n) is 4.54. The Kier molecular flexibility index (Phi) is 7.41. The van der Waals surface area contributed by atoms with Crippen molar-refractivity contribution in [2.24, 2.45) is 11.7 Å². The Hall–Kier alpha value is -1.44. The molecule has 114 valence electrons. The zero-order valence-corrected chi connectivity index (χ0v) is 12.6. The van der Waals surface area contributed by atoms with E-state index in [1.807, 2.05) is 20.8 Å². The number of carbonyl (C=O) groups is 1. The first-order valence-electron chi connectivity index (χ1n) is 6.12. The molecule has 0 aliphatic rings. The Morgan fingerprint density at radius 2 is 1.75 bits per heavy atom. The molecule has 1 aromatic carbocycles. The summed E-state index contributed by atoms with van der Waals surface area (Å²) in [6.45, 7) is 5.60. The number of rotatable bonds is 4. The largest absolute Gasteiger partial charge is 0.480 e. The van der Waals surface area contributed by atoms with Crippen molar-refractivity contribution < 1.29 is 22.9 Å². The number of aryl methyl sites for hydroxylation is 1. The molecule has 0 heterocycles. The third-order valence-electron chi connectivity index (χ3n) is 2.86. The monoisotopic (exact) mass is 303 g/mol. The normalized spacial score (nSPS) is 13.8. The van der Waals surface area contributed by atoms with E-state index in [2.05, 4.69) is 0 Å². The van der Waals surface area contributed by atoms with E-state index in [4.69, 9.17) is 15.4 Å². The fraction of sp³-hybridized carbons (Fsp3) is 0.462. The van der Waals surface area contributed by atoms with Gasteiger partial charge in [0.2, 0.25) is 0 Å². The van der Waals surface area contributed by atoms with Crippen molar-refractivity contribution in [3.8, 4) is 0 Å². The maximum absolute atomic E-state index is 10.5. The van der Waals surface area contributed by atoms with Crippen molar-refractivity contribution in [1.29, 1.82) is 0 Å². The van der Waals surface area contributed by atoms with Gasteiger partial charge in [-0.25, -0.2) is 0 Å². The van der Waals surface area contributed by atoms with Gasteiger partial charge in [0, 0.05) is 0 Å². The minimum atomic E-state index is -4.02. The Labute approximate surface area is 119 Å². The summed E-state index contributed by atoms with van der Waals surface area (Å²) in [5.74, 6) is -0.841. The van der Waals surface area contributed by atoms with Crippen LogP contribution in [-0.2, 0) is 14.9 Å². The van der Waals surface area contributed by atoms with Crippen LogP contribution in [-0.4, -0.2) is 30.1 Å². The molecule has 0 aliphatic carbocycles. The quantitative estimate of drug-likeness (QED) is 0.728. The molecular weight excluding hydrogens is 282 g/mol. The summed E-state index contributed by atoms with van der Waals surface area (Å²) in [5.41, 5.74) is 6.23. The van der Waals surface area contributed by atoms with Crippen LogP contribution in [0.5, 0.6) is 0 Å². The summed E-state index contributed by atoms with van der Waals surface area (Å²) in [4.78, 5) is 10.1. The van der Waals surface area contributed by atoms with Crippen molar-refractivity contribution in [3.05, 3.63) is 29.8 Å². The molecule has 0 unspecified atom stereocenters. The number of hydrogen-bond donors (Lipinski definition) is 3. The maximum atomic E-state index is 10.5. The smallest absolute Gasteiger partial charge is 0.320 e. The summed E-state index contributed by atoms with van der Waals surface area (Å²) in [6.07, 6.45) is 0.813. The fourth-order valence-corrected chi connectivity index (χ4v) is 1.69. The number of benzene rings is 1. The van der Waals surface area contributed by atoms with Crippen LogP contribution in [0.4, 0.5) is 0 Å². The standard InChI is InChI=1S/C7H8O3S.C6H13NO2/c1-6-2-4-7(5-3-6)11(8,9)10;1-3-4(2)5(7)6(8)9/h2-5H,1H3,(H,8,9,10);4-5H,3,7H2,1-2H3,(H,8,9)/t;4-,5-/m.1/s1. The van der Waals surface area contributed by atoms with Gasteiger partial charge in [0.1, 0.15) is 6.04 Å². The third-order valence-corrected chi connectivity index (χ3v) is 3.73. The highest BCUT2D eigenvalue weighted by Crippen LogP contribution is 2.08. The van der Waals surface area contributed by atoms with Gasteiger partial charge in [-0.2, -0.15) is 8.42 Å². The molecular formula is C13H21NO5S. The van der Waals surface area contributed by atoms with Gasteiger partial charge >= 0.3 is 5.97 Å². The van der Waals surface area contributed by atoms with Crippen LogP contribution >= 0.6 is 0 Å². The number of aliphatic carboxylic acids is 1. The highest BCUT2D eigenvalue weighted by molar-refractivity contribution is 7.85. The summed E-state index contributed by atoms with van der Waals surface area (Å²) in [7, 11) is -4.02. The SMILES string of the molecule is CC[C@@H](C)[C@@H](N)C(=O)O.Cc1ccc(S(=O)(=O)O)cc1. The van der Waals surface area contributed by atoms with E-state index in [1.165, 1.54) is 12.1 Å². The maximum Gasteiger partial charge on any atom is 0.320 e. The van der Waals surface area contributed by atoms with E-state index in [0.717, 1.165) is 12.0 Å². The first kappa shape index (κ1) is 18.6. The molecule has 0 amide bonds. The number of hydrogen-bond acceptors (Lipinski definition) is 4. The molecule has 0 aromatic heterocycles. The van der Waals surface area contributed by atoms with Gasteiger partial charge in [-0.15, -0.1) is 0 Å². The summed E-state index contributed by atoms with van der Waals surface area (Å²) < 4.78 is 29.6. The zero-order chi connectivity index (χ0) is 15.9. The van der Waals surface area contributed by atoms with Gasteiger partial charge in [0.15, 0.2) is 0 Å². The topological polar surface area (TPSA) is 118 Å². The minimum Gasteiger partial charge on any atom is -0.480 e. The van der Waals surface area contributed by atoms with Crippen LogP contribution in [0.15, 0.2) is 29.2 Å². The Bertz CT molecular complexity index is 524. The molecule has 0 radical (unpaired) electrons. The molecule has 1 aromatic rings. The van der Waals surface area contributed by atoms with Gasteiger partial charge in [-0.05, 0) is 25.0 Å². The van der Waals surface area contributed by atoms with Crippen LogP contribution in [0.3, 0.4) is 0 Å². The van der Waals surface area contributed by atoms with E-state index in [0.29, 0.717) is 0 Å². The van der Waals surface area contributed by atoms with E-state index in [1.54, 1.807) is 12.1 Å². The molecule has 2 atom stereocenters. The van der Waals surface area contributed by atoms with Gasteiger partial charge in [0.05, 0.1) is 4.90 Å². The lowest BCUT2D eigenvalue weighted by atomic mass is 10.0. The van der Waals surface area contributed by atoms with Crippen molar-refractivity contribution in [2.75, 3.05) is 0 Å². The molecule has 7 heteroatoms. The third kappa shape index (κ3) is 6.65. The Balaban J connectivity index is 0.000000370. The van der Waals surface area contributed by atoms with Gasteiger partial charge in [-0.1, -0.05) is 38.0 Å². The average molecular weight is 303 g/mol. The predicted octanol–water partition coefficient (Wildman–Crippen LogP) is 1.69. The van der Waals surface area contributed by atoms with E-state index in [9.17, 15) is 13.2 Å². The van der Waals surface area contributed by atoms with Crippen molar-refractivity contribution in [2.45, 2.75) is 38.1 Å². The highest BCUT2D eigenvalue weighted by Gasteiger charge is 2.17. The molecule has 0 fully saturated rings. The lowest BCUT2D eigenvalue weighted by Gasteiger charge is -2.11. The van der Waals surface area contributed by atoms with Crippen molar-refractivity contribution >= 4 is 16.1 Å². The van der Waals surface area contributed by atoms with Crippen LogP contribution < -0.4 is 5.73 Å². The molecule has 0 saturated heterocycles. The molecule has 0 saturated carbocycles. The first-order valence-corrected chi connectivity index (χ1v) is 7.56. The summed E-state index contributed by atoms with van der Waals surface area (Å²) in [6, 6.07) is 5.29. The Morgan fingerprint density at radius 1 is 1.30 bits per heavy atom. The molecule has 4 N–H and O–H groups in total. The fourth-order valence-electron chi connectivity index (χ4n) is 1.21. The van der Waals surface area contributed by atoms with Crippen LogP contribution in [0.25, 0.3) is 0 Å². The molecule has 1 rings (SSSR count). The lowest BCUT2D eigenvalue weighted by molar-refractivity contribution is -0.139. The number of nitrogens with two attached hydrogens (primary N) is 1. The van der Waals surface area contributed by atoms with Crippen LogP contribution in [0.1, 0.15) is 25.8 Å².